The summed E-state index contributed by atoms with van der Waals surface area (Å²) in [4.78, 5) is 0. The average Bonchev–Trinajstić information content (AvgIpc) is 2.94. The fourth-order valence-electron chi connectivity index (χ4n) is 3.34. The Balaban J connectivity index is 1.85. The summed E-state index contributed by atoms with van der Waals surface area (Å²) in [6.45, 7) is 6.05. The van der Waals surface area contributed by atoms with Crippen LogP contribution in [0.3, 0.4) is 0 Å². The molecule has 0 radical (unpaired) electrons. The van der Waals surface area contributed by atoms with Gasteiger partial charge in [-0.1, -0.05) is 11.8 Å². The Bertz CT molecular complexity index is 541. The van der Waals surface area contributed by atoms with Crippen LogP contribution in [-0.2, 0) is 18.9 Å². The van der Waals surface area contributed by atoms with Crippen LogP contribution in [0, 0.1) is 23.7 Å². The first-order chi connectivity index (χ1) is 10.5. The smallest absolute Gasteiger partial charge is 0.198 e. The highest BCUT2D eigenvalue weighted by molar-refractivity contribution is 5.28. The average molecular weight is 306 g/mol. The second-order valence-corrected chi connectivity index (χ2v) is 6.31. The zero-order valence-corrected chi connectivity index (χ0v) is 13.2. The molecular weight excluding hydrogens is 284 g/mol. The molecule has 0 unspecified atom stereocenters. The molecule has 3 rings (SSSR count). The maximum atomic E-state index is 10.3. The lowest BCUT2D eigenvalue weighted by molar-refractivity contribution is -0.309. The van der Waals surface area contributed by atoms with Crippen molar-refractivity contribution >= 4 is 0 Å². The summed E-state index contributed by atoms with van der Waals surface area (Å²) in [5.41, 5.74) is 0. The Hall–Kier alpha value is -1.08. The zero-order valence-electron chi connectivity index (χ0n) is 13.2. The van der Waals surface area contributed by atoms with Gasteiger partial charge < -0.3 is 24.1 Å². The zero-order chi connectivity index (χ0) is 15.8. The Labute approximate surface area is 131 Å². The molecule has 0 aliphatic carbocycles. The minimum absolute atomic E-state index is 0.346. The lowest BCUT2D eigenvalue weighted by Gasteiger charge is -2.37. The maximum Gasteiger partial charge on any atom is 0.198 e. The third-order valence-electron chi connectivity index (χ3n) is 4.21. The van der Waals surface area contributed by atoms with Crippen molar-refractivity contribution in [1.82, 2.24) is 0 Å². The van der Waals surface area contributed by atoms with Gasteiger partial charge in [0.2, 0.25) is 0 Å². The van der Waals surface area contributed by atoms with Crippen LogP contribution in [0.1, 0.15) is 40.0 Å². The first-order valence-corrected chi connectivity index (χ1v) is 7.75. The third-order valence-corrected chi connectivity index (χ3v) is 4.21. The quantitative estimate of drug-likeness (QED) is 0.738. The topological polar surface area (TPSA) is 57.2 Å². The summed E-state index contributed by atoms with van der Waals surface area (Å²) in [6.07, 6.45) is 0.411. The van der Waals surface area contributed by atoms with Gasteiger partial charge in [-0.05, 0) is 45.5 Å². The van der Waals surface area contributed by atoms with Crippen molar-refractivity contribution in [3.63, 3.8) is 0 Å². The Kier molecular flexibility index (Phi) is 4.20. The summed E-state index contributed by atoms with van der Waals surface area (Å²) in [5, 5.41) is 10.3. The van der Waals surface area contributed by atoms with Crippen molar-refractivity contribution < 1.29 is 24.1 Å². The second-order valence-electron chi connectivity index (χ2n) is 6.31. The number of rotatable bonds is 1. The Morgan fingerprint density at radius 3 is 2.64 bits per heavy atom. The lowest BCUT2D eigenvalue weighted by Crippen LogP contribution is -2.47. The van der Waals surface area contributed by atoms with Gasteiger partial charge in [-0.2, -0.15) is 0 Å². The van der Waals surface area contributed by atoms with Crippen LogP contribution < -0.4 is 0 Å². The Morgan fingerprint density at radius 1 is 1.14 bits per heavy atom. The molecule has 5 heteroatoms. The predicted octanol–water partition coefficient (Wildman–Crippen LogP) is 1.19. The van der Waals surface area contributed by atoms with Gasteiger partial charge in [-0.25, -0.2) is 0 Å². The SMILES string of the molecule is CC#CC#C[C@H](O)[C@H]1O[C@]2(CCCCO2)[C@@H]2OC(C)(C)O[C@H]12. The molecule has 1 N–H and O–H groups in total. The molecule has 3 aliphatic rings. The number of ether oxygens (including phenoxy) is 4. The van der Waals surface area contributed by atoms with E-state index < -0.39 is 29.9 Å². The van der Waals surface area contributed by atoms with Gasteiger partial charge in [0.25, 0.3) is 0 Å². The summed E-state index contributed by atoms with van der Waals surface area (Å²) in [5.74, 6) is 9.07. The van der Waals surface area contributed by atoms with Gasteiger partial charge in [-0.3, -0.25) is 0 Å². The molecule has 3 heterocycles. The molecule has 3 fully saturated rings. The first kappa shape index (κ1) is 15.8. The second kappa shape index (κ2) is 5.85. The highest BCUT2D eigenvalue weighted by atomic mass is 16.8. The number of fused-ring (bicyclic) bond motifs is 2. The molecule has 3 saturated heterocycles. The number of aliphatic hydroxyl groups excluding tert-OH is 1. The van der Waals surface area contributed by atoms with E-state index in [0.29, 0.717) is 6.61 Å². The molecule has 0 bridgehead atoms. The summed E-state index contributed by atoms with van der Waals surface area (Å²) in [6, 6.07) is 0. The fraction of sp³-hybridized carbons (Fsp3) is 0.765. The highest BCUT2D eigenvalue weighted by Gasteiger charge is 2.65. The van der Waals surface area contributed by atoms with Crippen molar-refractivity contribution in [2.45, 2.75) is 76.0 Å². The molecule has 0 aromatic rings. The third kappa shape index (κ3) is 2.76. The van der Waals surface area contributed by atoms with Crippen molar-refractivity contribution in [3.05, 3.63) is 0 Å². The van der Waals surface area contributed by atoms with Crippen LogP contribution >= 0.6 is 0 Å². The van der Waals surface area contributed by atoms with E-state index in [9.17, 15) is 5.11 Å². The van der Waals surface area contributed by atoms with E-state index in [0.717, 1.165) is 19.3 Å². The predicted molar refractivity (Wildman–Crippen MR) is 78.5 cm³/mol. The maximum absolute atomic E-state index is 10.3. The molecule has 22 heavy (non-hydrogen) atoms. The molecule has 0 saturated carbocycles. The van der Waals surface area contributed by atoms with Crippen LogP contribution in [0.15, 0.2) is 0 Å². The van der Waals surface area contributed by atoms with Crippen molar-refractivity contribution in [1.29, 1.82) is 0 Å². The molecule has 1 spiro atoms. The normalized spacial score (nSPS) is 40.3. The minimum Gasteiger partial charge on any atom is -0.377 e. The van der Waals surface area contributed by atoms with Gasteiger partial charge >= 0.3 is 0 Å². The van der Waals surface area contributed by atoms with E-state index in [4.69, 9.17) is 18.9 Å². The van der Waals surface area contributed by atoms with Crippen molar-refractivity contribution in [3.8, 4) is 23.7 Å². The van der Waals surface area contributed by atoms with Crippen molar-refractivity contribution in [2.24, 2.45) is 0 Å². The molecule has 0 amide bonds. The van der Waals surface area contributed by atoms with E-state index in [1.54, 1.807) is 6.92 Å². The minimum atomic E-state index is -0.990. The van der Waals surface area contributed by atoms with E-state index in [1.807, 2.05) is 13.8 Å². The van der Waals surface area contributed by atoms with Crippen LogP contribution in [0.5, 0.6) is 0 Å². The first-order valence-electron chi connectivity index (χ1n) is 7.75. The van der Waals surface area contributed by atoms with E-state index in [2.05, 4.69) is 23.7 Å². The highest BCUT2D eigenvalue weighted by Crippen LogP contribution is 2.48. The van der Waals surface area contributed by atoms with Crippen molar-refractivity contribution in [2.75, 3.05) is 6.61 Å². The van der Waals surface area contributed by atoms with Gasteiger partial charge in [0.05, 0.1) is 6.61 Å². The fourth-order valence-corrected chi connectivity index (χ4v) is 3.34. The summed E-state index contributed by atoms with van der Waals surface area (Å²) < 4.78 is 24.0. The van der Waals surface area contributed by atoms with E-state index in [-0.39, 0.29) is 6.10 Å². The van der Waals surface area contributed by atoms with E-state index in [1.165, 1.54) is 0 Å². The molecule has 120 valence electrons. The molecule has 5 nitrogen and oxygen atoms in total. The van der Waals surface area contributed by atoms with Gasteiger partial charge in [-0.15, -0.1) is 0 Å². The van der Waals surface area contributed by atoms with Crippen LogP contribution in [0.25, 0.3) is 0 Å². The molecule has 0 aromatic carbocycles. The molecular formula is C17H22O5. The Morgan fingerprint density at radius 2 is 1.95 bits per heavy atom. The van der Waals surface area contributed by atoms with E-state index >= 15 is 0 Å². The molecule has 3 aliphatic heterocycles. The van der Waals surface area contributed by atoms with Gasteiger partial charge in [0, 0.05) is 6.42 Å². The van der Waals surface area contributed by atoms with Gasteiger partial charge in [0.15, 0.2) is 11.6 Å². The molecule has 0 aromatic heterocycles. The monoisotopic (exact) mass is 306 g/mol. The summed E-state index contributed by atoms with van der Waals surface area (Å²) in [7, 11) is 0. The number of aliphatic hydroxyl groups is 1. The van der Waals surface area contributed by atoms with Crippen LogP contribution in [-0.4, -0.2) is 47.7 Å². The number of hydrogen-bond acceptors (Lipinski definition) is 5. The van der Waals surface area contributed by atoms with Crippen LogP contribution in [0.2, 0.25) is 0 Å². The van der Waals surface area contributed by atoms with Crippen LogP contribution in [0.4, 0.5) is 0 Å². The standard InChI is InChI=1S/C17H22O5/c1-4-5-6-9-12(18)13-14-15(22-16(2,3)20-14)17(21-13)10-7-8-11-19-17/h12-15,18H,7-8,10-11H2,1-3H3/t12-,13+,14+,15+,17+/m0/s1. The van der Waals surface area contributed by atoms with Gasteiger partial charge in [0.1, 0.15) is 24.4 Å². The summed E-state index contributed by atoms with van der Waals surface area (Å²) >= 11 is 0. The largest absolute Gasteiger partial charge is 0.377 e. The molecule has 5 atom stereocenters. The lowest BCUT2D eigenvalue weighted by atomic mass is 9.97. The number of hydrogen-bond donors (Lipinski definition) is 1.